The third-order valence-corrected chi connectivity index (χ3v) is 2.87. The summed E-state index contributed by atoms with van der Waals surface area (Å²) in [4.78, 5) is 14.0. The van der Waals surface area contributed by atoms with Crippen LogP contribution in [0.25, 0.3) is 0 Å². The van der Waals surface area contributed by atoms with Gasteiger partial charge >= 0.3 is 0 Å². The Kier molecular flexibility index (Phi) is 5.95. The van der Waals surface area contributed by atoms with Crippen molar-refractivity contribution in [3.8, 4) is 0 Å². The number of aliphatic hydroxyl groups is 1. The van der Waals surface area contributed by atoms with E-state index in [1.807, 2.05) is 6.92 Å². The number of benzene rings is 1. The zero-order valence-corrected chi connectivity index (χ0v) is 11.5. The van der Waals surface area contributed by atoms with Gasteiger partial charge in [-0.1, -0.05) is 18.5 Å². The van der Waals surface area contributed by atoms with Crippen LogP contribution in [0.2, 0.25) is 5.02 Å². The fourth-order valence-electron chi connectivity index (χ4n) is 1.79. The van der Waals surface area contributed by atoms with Crippen LogP contribution in [-0.2, 0) is 0 Å². The van der Waals surface area contributed by atoms with E-state index in [9.17, 15) is 4.79 Å². The predicted octanol–water partition coefficient (Wildman–Crippen LogP) is 2.23. The van der Waals surface area contributed by atoms with Gasteiger partial charge in [0, 0.05) is 30.8 Å². The van der Waals surface area contributed by atoms with Crippen molar-refractivity contribution in [2.45, 2.75) is 13.3 Å². The Balaban J connectivity index is 3.02. The van der Waals surface area contributed by atoms with Gasteiger partial charge in [0.25, 0.3) is 5.91 Å². The van der Waals surface area contributed by atoms with E-state index in [-0.39, 0.29) is 12.5 Å². The van der Waals surface area contributed by atoms with Gasteiger partial charge in [0.05, 0.1) is 12.2 Å². The van der Waals surface area contributed by atoms with E-state index in [2.05, 4.69) is 5.32 Å². The van der Waals surface area contributed by atoms with Crippen molar-refractivity contribution in [2.75, 3.05) is 32.1 Å². The number of anilines is 1. The van der Waals surface area contributed by atoms with Gasteiger partial charge in [0.1, 0.15) is 0 Å². The first kappa shape index (κ1) is 14.8. The maximum atomic E-state index is 12.4. The molecular formula is C13H19ClN2O2. The summed E-state index contributed by atoms with van der Waals surface area (Å²) in [7, 11) is 1.76. The summed E-state index contributed by atoms with van der Waals surface area (Å²) in [6.07, 6.45) is 0.848. The monoisotopic (exact) mass is 270 g/mol. The predicted molar refractivity (Wildman–Crippen MR) is 74.3 cm³/mol. The molecular weight excluding hydrogens is 252 g/mol. The SMILES string of the molecule is CCCN(CCO)C(=O)c1cc(Cl)ccc1NC. The van der Waals surface area contributed by atoms with E-state index in [0.717, 1.165) is 12.1 Å². The first-order valence-corrected chi connectivity index (χ1v) is 6.39. The summed E-state index contributed by atoms with van der Waals surface area (Å²) >= 11 is 5.93. The summed E-state index contributed by atoms with van der Waals surface area (Å²) in [5.41, 5.74) is 1.27. The van der Waals surface area contributed by atoms with Crippen LogP contribution < -0.4 is 5.32 Å². The van der Waals surface area contributed by atoms with Gasteiger partial charge in [-0.25, -0.2) is 0 Å². The van der Waals surface area contributed by atoms with Crippen molar-refractivity contribution in [2.24, 2.45) is 0 Å². The molecule has 0 heterocycles. The summed E-state index contributed by atoms with van der Waals surface area (Å²) in [5.74, 6) is -0.113. The second kappa shape index (κ2) is 7.24. The molecule has 0 atom stereocenters. The van der Waals surface area contributed by atoms with Crippen molar-refractivity contribution in [1.82, 2.24) is 4.90 Å². The molecule has 0 aliphatic rings. The summed E-state index contributed by atoms with van der Waals surface area (Å²) in [6, 6.07) is 5.16. The Labute approximate surface area is 113 Å². The summed E-state index contributed by atoms with van der Waals surface area (Å²) in [5, 5.41) is 12.5. The topological polar surface area (TPSA) is 52.6 Å². The number of hydrogen-bond acceptors (Lipinski definition) is 3. The van der Waals surface area contributed by atoms with Crippen molar-refractivity contribution in [1.29, 1.82) is 0 Å². The van der Waals surface area contributed by atoms with E-state index in [0.29, 0.717) is 23.7 Å². The number of hydrogen-bond donors (Lipinski definition) is 2. The second-order valence-corrected chi connectivity index (χ2v) is 4.39. The van der Waals surface area contributed by atoms with Crippen LogP contribution in [0.4, 0.5) is 5.69 Å². The minimum absolute atomic E-state index is 0.0405. The van der Waals surface area contributed by atoms with E-state index in [1.54, 1.807) is 30.1 Å². The lowest BCUT2D eigenvalue weighted by Crippen LogP contribution is -2.34. The first-order chi connectivity index (χ1) is 8.63. The fourth-order valence-corrected chi connectivity index (χ4v) is 1.96. The minimum Gasteiger partial charge on any atom is -0.395 e. The minimum atomic E-state index is -0.113. The van der Waals surface area contributed by atoms with Crippen LogP contribution in [0.3, 0.4) is 0 Å². The summed E-state index contributed by atoms with van der Waals surface area (Å²) < 4.78 is 0. The third-order valence-electron chi connectivity index (χ3n) is 2.63. The molecule has 0 spiro atoms. The molecule has 0 fully saturated rings. The molecule has 0 saturated carbocycles. The highest BCUT2D eigenvalue weighted by atomic mass is 35.5. The first-order valence-electron chi connectivity index (χ1n) is 6.01. The normalized spacial score (nSPS) is 10.2. The molecule has 1 aromatic rings. The van der Waals surface area contributed by atoms with Crippen LogP contribution in [-0.4, -0.2) is 42.7 Å². The Hall–Kier alpha value is -1.26. The summed E-state index contributed by atoms with van der Waals surface area (Å²) in [6.45, 7) is 2.91. The third kappa shape index (κ3) is 3.62. The molecule has 0 aliphatic heterocycles. The number of nitrogens with one attached hydrogen (secondary N) is 1. The van der Waals surface area contributed by atoms with Gasteiger partial charge in [-0.05, 0) is 24.6 Å². The van der Waals surface area contributed by atoms with Gasteiger partial charge < -0.3 is 15.3 Å². The second-order valence-electron chi connectivity index (χ2n) is 3.96. The maximum absolute atomic E-state index is 12.4. The molecule has 4 nitrogen and oxygen atoms in total. The van der Waals surface area contributed by atoms with Gasteiger partial charge in [0.15, 0.2) is 0 Å². The van der Waals surface area contributed by atoms with E-state index < -0.39 is 0 Å². The number of carbonyl (C=O) groups excluding carboxylic acids is 1. The van der Waals surface area contributed by atoms with Crippen molar-refractivity contribution in [3.63, 3.8) is 0 Å². The van der Waals surface area contributed by atoms with Gasteiger partial charge in [-0.2, -0.15) is 0 Å². The Morgan fingerprint density at radius 1 is 1.44 bits per heavy atom. The zero-order valence-electron chi connectivity index (χ0n) is 10.7. The van der Waals surface area contributed by atoms with Crippen LogP contribution in [0.1, 0.15) is 23.7 Å². The average Bonchev–Trinajstić information content (AvgIpc) is 2.37. The van der Waals surface area contributed by atoms with Crippen molar-refractivity contribution in [3.05, 3.63) is 28.8 Å². The Morgan fingerprint density at radius 3 is 2.72 bits per heavy atom. The molecule has 0 saturated heterocycles. The lowest BCUT2D eigenvalue weighted by molar-refractivity contribution is 0.0723. The molecule has 1 aromatic carbocycles. The molecule has 0 aliphatic carbocycles. The average molecular weight is 271 g/mol. The quantitative estimate of drug-likeness (QED) is 0.833. The molecule has 1 amide bonds. The lowest BCUT2D eigenvalue weighted by Gasteiger charge is -2.22. The molecule has 0 bridgehead atoms. The largest absolute Gasteiger partial charge is 0.395 e. The van der Waals surface area contributed by atoms with Gasteiger partial charge in [-0.15, -0.1) is 0 Å². The molecule has 1 rings (SSSR count). The fraction of sp³-hybridized carbons (Fsp3) is 0.462. The zero-order chi connectivity index (χ0) is 13.5. The van der Waals surface area contributed by atoms with E-state index in [1.165, 1.54) is 0 Å². The van der Waals surface area contributed by atoms with Gasteiger partial charge in [-0.3, -0.25) is 4.79 Å². The molecule has 0 unspecified atom stereocenters. The number of nitrogens with zero attached hydrogens (tertiary/aromatic N) is 1. The lowest BCUT2D eigenvalue weighted by atomic mass is 10.1. The number of amides is 1. The highest BCUT2D eigenvalue weighted by Gasteiger charge is 2.18. The van der Waals surface area contributed by atoms with Crippen LogP contribution in [0, 0.1) is 0 Å². The van der Waals surface area contributed by atoms with Crippen LogP contribution >= 0.6 is 11.6 Å². The van der Waals surface area contributed by atoms with Crippen LogP contribution in [0.5, 0.6) is 0 Å². The Bertz CT molecular complexity index is 404. The smallest absolute Gasteiger partial charge is 0.256 e. The Morgan fingerprint density at radius 2 is 2.17 bits per heavy atom. The molecule has 2 N–H and O–H groups in total. The molecule has 0 radical (unpaired) electrons. The van der Waals surface area contributed by atoms with Gasteiger partial charge in [0.2, 0.25) is 0 Å². The molecule has 18 heavy (non-hydrogen) atoms. The van der Waals surface area contributed by atoms with E-state index in [4.69, 9.17) is 16.7 Å². The highest BCUT2D eigenvalue weighted by molar-refractivity contribution is 6.31. The number of aliphatic hydroxyl groups excluding tert-OH is 1. The van der Waals surface area contributed by atoms with Crippen LogP contribution in [0.15, 0.2) is 18.2 Å². The van der Waals surface area contributed by atoms with Crippen molar-refractivity contribution >= 4 is 23.2 Å². The highest BCUT2D eigenvalue weighted by Crippen LogP contribution is 2.22. The number of carbonyl (C=O) groups is 1. The maximum Gasteiger partial charge on any atom is 0.256 e. The molecule has 0 aromatic heterocycles. The van der Waals surface area contributed by atoms with E-state index >= 15 is 0 Å². The number of halogens is 1. The number of rotatable bonds is 6. The standard InChI is InChI=1S/C13H19ClN2O2/c1-3-6-16(7-8-17)13(18)11-9-10(14)4-5-12(11)15-2/h4-5,9,15,17H,3,6-8H2,1-2H3. The molecule has 100 valence electrons. The van der Waals surface area contributed by atoms with Crippen molar-refractivity contribution < 1.29 is 9.90 Å². The molecule has 5 heteroatoms.